The Morgan fingerprint density at radius 1 is 0.792 bits per heavy atom. The molecule has 0 saturated carbocycles. The van der Waals surface area contributed by atoms with Crippen molar-refractivity contribution in [1.82, 2.24) is 0 Å². The van der Waals surface area contributed by atoms with Gasteiger partial charge in [-0.05, 0) is 55.7 Å². The summed E-state index contributed by atoms with van der Waals surface area (Å²) < 4.78 is 0. The summed E-state index contributed by atoms with van der Waals surface area (Å²) in [7, 11) is 0. The second-order valence-electron chi connectivity index (χ2n) is 11.4. The Kier molecular flexibility index (Phi) is 68.7. The van der Waals surface area contributed by atoms with Gasteiger partial charge in [0.25, 0.3) is 0 Å². The number of unbranched alkanes of at least 4 members (excludes halogenated alkanes) is 4. The van der Waals surface area contributed by atoms with Crippen LogP contribution >= 0.6 is 0 Å². The monoisotopic (exact) mass is 669 g/mol. The van der Waals surface area contributed by atoms with E-state index in [1.807, 2.05) is 39.8 Å². The van der Waals surface area contributed by atoms with Gasteiger partial charge in [0.05, 0.1) is 0 Å². The summed E-state index contributed by atoms with van der Waals surface area (Å²) >= 11 is 0. The first-order valence-electron chi connectivity index (χ1n) is 19.3. The maximum absolute atomic E-state index is 3.78. The first-order valence-corrected chi connectivity index (χ1v) is 19.3. The van der Waals surface area contributed by atoms with Crippen LogP contribution in [-0.2, 0) is 0 Å². The van der Waals surface area contributed by atoms with E-state index in [9.17, 15) is 0 Å². The zero-order valence-corrected chi connectivity index (χ0v) is 34.0. The topological polar surface area (TPSA) is 0 Å². The number of aryl methyl sites for hydroxylation is 1. The third-order valence-electron chi connectivity index (χ3n) is 6.65. The molecule has 0 N–H and O–H groups in total. The summed E-state index contributed by atoms with van der Waals surface area (Å²) in [5.74, 6) is 0.963. The standard InChI is InChI=1S/C16H18.C8H12.C8H18.C7H16.C3H8.2C2H6.2CH4/c1-5-8-15(6-2)12-14(4)16-10-7-9-13(3)11-16;1-2-8-6-4-3-5-7-8;1-4-6-8(3)7-5-2;1-3-5-7-6-4-2;1-3-2;2*1-2;;/h5-12H,1-2H2,3-4H3;4,6-7H,2-3,5H2,1H3;8H,4-7H2,1-3H3;3-7H2,1-2H3;3H2,1-2H3;2*1-2H3;2*1H4/b14-12+,15-8+;;;;;;;;. The van der Waals surface area contributed by atoms with Crippen LogP contribution in [0.2, 0.25) is 0 Å². The van der Waals surface area contributed by atoms with Crippen LogP contribution in [0.4, 0.5) is 0 Å². The first kappa shape index (κ1) is 60.9. The molecule has 1 aromatic carbocycles. The summed E-state index contributed by atoms with van der Waals surface area (Å²) in [6, 6.07) is 8.48. The molecule has 0 nitrogen and oxygen atoms in total. The van der Waals surface area contributed by atoms with Crippen molar-refractivity contribution in [2.24, 2.45) is 5.92 Å². The first-order chi connectivity index (χ1) is 22.2. The van der Waals surface area contributed by atoms with Crippen LogP contribution in [0.5, 0.6) is 0 Å². The molecule has 1 aliphatic carbocycles. The number of hydrogen-bond acceptors (Lipinski definition) is 0. The minimum Gasteiger partial charge on any atom is -0.0990 e. The van der Waals surface area contributed by atoms with Crippen molar-refractivity contribution in [3.63, 3.8) is 0 Å². The van der Waals surface area contributed by atoms with Crippen LogP contribution < -0.4 is 0 Å². The molecule has 0 bridgehead atoms. The van der Waals surface area contributed by atoms with Crippen molar-refractivity contribution in [3.8, 4) is 0 Å². The summed E-state index contributed by atoms with van der Waals surface area (Å²) in [5, 5.41) is 0. The maximum atomic E-state index is 3.78. The van der Waals surface area contributed by atoms with Crippen LogP contribution in [0.25, 0.3) is 5.57 Å². The second kappa shape index (κ2) is 54.1. The fourth-order valence-electron chi connectivity index (χ4n) is 4.27. The molecule has 284 valence electrons. The van der Waals surface area contributed by atoms with E-state index in [0.717, 1.165) is 11.5 Å². The highest BCUT2D eigenvalue weighted by molar-refractivity contribution is 5.67. The van der Waals surface area contributed by atoms with Crippen LogP contribution in [0.1, 0.15) is 199 Å². The molecule has 2 rings (SSSR count). The van der Waals surface area contributed by atoms with Gasteiger partial charge in [-0.2, -0.15) is 0 Å². The molecule has 0 aliphatic heterocycles. The van der Waals surface area contributed by atoms with Crippen molar-refractivity contribution >= 4 is 5.57 Å². The van der Waals surface area contributed by atoms with Crippen LogP contribution in [0.3, 0.4) is 0 Å². The Morgan fingerprint density at radius 3 is 1.65 bits per heavy atom. The summed E-state index contributed by atoms with van der Waals surface area (Å²) in [6.07, 6.45) is 31.9. The van der Waals surface area contributed by atoms with E-state index in [1.165, 1.54) is 106 Å². The Morgan fingerprint density at radius 2 is 1.31 bits per heavy atom. The molecule has 1 aromatic rings. The fraction of sp³-hybridized carbons (Fsp3) is 0.625. The Bertz CT molecular complexity index is 848. The van der Waals surface area contributed by atoms with Crippen molar-refractivity contribution in [3.05, 3.63) is 102 Å². The molecule has 0 spiro atoms. The van der Waals surface area contributed by atoms with Gasteiger partial charge >= 0.3 is 0 Å². The Hall–Kier alpha value is -2.34. The summed E-state index contributed by atoms with van der Waals surface area (Å²) in [5.41, 5.74) is 6.33. The van der Waals surface area contributed by atoms with Crippen molar-refractivity contribution in [2.75, 3.05) is 0 Å². The van der Waals surface area contributed by atoms with Crippen LogP contribution in [0.15, 0.2) is 91.1 Å². The van der Waals surface area contributed by atoms with Gasteiger partial charge in [0.2, 0.25) is 0 Å². The highest BCUT2D eigenvalue weighted by Crippen LogP contribution is 2.17. The van der Waals surface area contributed by atoms with E-state index >= 15 is 0 Å². The number of hydrogen-bond donors (Lipinski definition) is 0. The van der Waals surface area contributed by atoms with Gasteiger partial charge < -0.3 is 0 Å². The normalized spacial score (nSPS) is 10.9. The molecule has 0 aromatic heterocycles. The minimum atomic E-state index is 0. The van der Waals surface area contributed by atoms with Gasteiger partial charge in [0.1, 0.15) is 0 Å². The number of rotatable bonds is 13. The summed E-state index contributed by atoms with van der Waals surface area (Å²) in [6.45, 7) is 37.5. The third kappa shape index (κ3) is 48.1. The van der Waals surface area contributed by atoms with Crippen molar-refractivity contribution < 1.29 is 0 Å². The van der Waals surface area contributed by atoms with Gasteiger partial charge in [-0.1, -0.05) is 253 Å². The largest absolute Gasteiger partial charge is 0.0990 e. The van der Waals surface area contributed by atoms with Crippen molar-refractivity contribution in [2.45, 2.75) is 195 Å². The zero-order chi connectivity index (χ0) is 36.4. The lowest BCUT2D eigenvalue weighted by molar-refractivity contribution is 0.480. The molecule has 0 radical (unpaired) electrons. The van der Waals surface area contributed by atoms with E-state index in [1.54, 1.807) is 6.08 Å². The second-order valence-corrected chi connectivity index (χ2v) is 11.4. The highest BCUT2D eigenvalue weighted by atomic mass is 14.0. The fourth-order valence-corrected chi connectivity index (χ4v) is 4.27. The SMILES string of the molecule is C.C.C=C/C=C(C=C)/C=C(\C)c1cccc(C)c1.CC.CC.CCC.CCC1=CCCC=C1.CCCC(C)CCC.CCCCCCC. The van der Waals surface area contributed by atoms with Crippen LogP contribution in [-0.4, -0.2) is 0 Å². The predicted molar refractivity (Wildman–Crippen MR) is 236 cm³/mol. The molecule has 48 heavy (non-hydrogen) atoms. The third-order valence-corrected chi connectivity index (χ3v) is 6.65. The summed E-state index contributed by atoms with van der Waals surface area (Å²) in [4.78, 5) is 0. The van der Waals surface area contributed by atoms with Gasteiger partial charge in [0.15, 0.2) is 0 Å². The molecule has 1 aliphatic rings. The molecule has 0 atom stereocenters. The van der Waals surface area contributed by atoms with Crippen molar-refractivity contribution in [1.29, 1.82) is 0 Å². The molecule has 0 saturated heterocycles. The van der Waals surface area contributed by atoms with Gasteiger partial charge in [-0.25, -0.2) is 0 Å². The van der Waals surface area contributed by atoms with E-state index in [4.69, 9.17) is 0 Å². The average molecular weight is 669 g/mol. The van der Waals surface area contributed by atoms with E-state index in [-0.39, 0.29) is 14.9 Å². The Labute approximate surface area is 308 Å². The molecular weight excluding hydrogens is 577 g/mol. The zero-order valence-electron chi connectivity index (χ0n) is 34.0. The van der Waals surface area contributed by atoms with Gasteiger partial charge in [0, 0.05) is 0 Å². The molecule has 0 fully saturated rings. The smallest absolute Gasteiger partial charge is 0.0225 e. The predicted octanol–water partition coefficient (Wildman–Crippen LogP) is 18.3. The van der Waals surface area contributed by atoms with Gasteiger partial charge in [-0.15, -0.1) is 0 Å². The van der Waals surface area contributed by atoms with E-state index < -0.39 is 0 Å². The molecule has 0 amide bonds. The highest BCUT2D eigenvalue weighted by Gasteiger charge is 1.97. The quantitative estimate of drug-likeness (QED) is 0.145. The lowest BCUT2D eigenvalue weighted by atomic mass is 10.0. The lowest BCUT2D eigenvalue weighted by Crippen LogP contribution is -1.91. The molecule has 0 heterocycles. The lowest BCUT2D eigenvalue weighted by Gasteiger charge is -2.05. The van der Waals surface area contributed by atoms with E-state index in [0.29, 0.717) is 0 Å². The molecular formula is C48H92. The molecule has 0 unspecified atom stereocenters. The maximum Gasteiger partial charge on any atom is -0.0225 e. The number of benzene rings is 1. The average Bonchev–Trinajstić information content (AvgIpc) is 3.08. The van der Waals surface area contributed by atoms with Crippen LogP contribution in [0, 0.1) is 12.8 Å². The number of allylic oxidation sites excluding steroid dienone is 10. The minimum absolute atomic E-state index is 0. The van der Waals surface area contributed by atoms with E-state index in [2.05, 4.69) is 131 Å². The van der Waals surface area contributed by atoms with Gasteiger partial charge in [-0.3, -0.25) is 0 Å². The Balaban J connectivity index is -0.0000000910. The molecule has 0 heteroatoms.